The highest BCUT2D eigenvalue weighted by atomic mass is 79.9. The molecule has 15 heavy (non-hydrogen) atoms. The second-order valence-corrected chi connectivity index (χ2v) is 4.67. The monoisotopic (exact) mass is 334 g/mol. The van der Waals surface area contributed by atoms with Gasteiger partial charge in [0, 0.05) is 35.3 Å². The fraction of sp³-hybridized carbons (Fsp3) is 0.400. The Hall–Kier alpha value is -0.420. The molecule has 0 fully saturated rings. The van der Waals surface area contributed by atoms with Crippen LogP contribution in [-0.4, -0.2) is 34.2 Å². The van der Waals surface area contributed by atoms with E-state index in [9.17, 15) is 4.79 Å². The molecule has 0 aliphatic heterocycles. The first kappa shape index (κ1) is 12.6. The van der Waals surface area contributed by atoms with Crippen molar-refractivity contribution in [1.29, 1.82) is 0 Å². The van der Waals surface area contributed by atoms with Gasteiger partial charge in [-0.1, -0.05) is 15.9 Å². The Morgan fingerprint density at radius 1 is 1.53 bits per heavy atom. The minimum absolute atomic E-state index is 0.0192. The van der Waals surface area contributed by atoms with Gasteiger partial charge >= 0.3 is 0 Å². The smallest absolute Gasteiger partial charge is 0.255 e. The lowest BCUT2D eigenvalue weighted by Crippen LogP contribution is -2.32. The minimum atomic E-state index is 0.0192. The van der Waals surface area contributed by atoms with Crippen LogP contribution in [-0.2, 0) is 0 Å². The number of nitrogens with zero attached hydrogens (tertiary/aromatic N) is 2. The number of pyridine rings is 1. The fourth-order valence-corrected chi connectivity index (χ4v) is 2.01. The van der Waals surface area contributed by atoms with Crippen molar-refractivity contribution in [3.8, 4) is 0 Å². The maximum Gasteiger partial charge on any atom is 0.255 e. The van der Waals surface area contributed by atoms with Crippen LogP contribution in [0.5, 0.6) is 0 Å². The van der Waals surface area contributed by atoms with E-state index in [1.165, 1.54) is 0 Å². The van der Waals surface area contributed by atoms with Gasteiger partial charge in [0.25, 0.3) is 5.91 Å². The number of carbonyl (C=O) groups is 1. The van der Waals surface area contributed by atoms with Crippen molar-refractivity contribution in [3.63, 3.8) is 0 Å². The molecule has 0 unspecified atom stereocenters. The van der Waals surface area contributed by atoms with E-state index in [1.54, 1.807) is 23.4 Å². The van der Waals surface area contributed by atoms with E-state index in [0.717, 1.165) is 9.80 Å². The second kappa shape index (κ2) is 6.23. The molecular weight excluding hydrogens is 324 g/mol. The summed E-state index contributed by atoms with van der Waals surface area (Å²) >= 11 is 6.63. The molecule has 0 bridgehead atoms. The molecule has 1 amide bonds. The number of amides is 1. The standard InChI is InChI=1S/C10H12Br2N2O/c1-2-14(4-3-11)10(15)8-5-9(12)7-13-6-8/h5-7H,2-4H2,1H3. The summed E-state index contributed by atoms with van der Waals surface area (Å²) in [4.78, 5) is 17.7. The van der Waals surface area contributed by atoms with Gasteiger partial charge in [-0.25, -0.2) is 0 Å². The number of rotatable bonds is 4. The third-order valence-corrected chi connectivity index (χ3v) is 2.76. The summed E-state index contributed by atoms with van der Waals surface area (Å²) in [6.45, 7) is 3.38. The van der Waals surface area contributed by atoms with Gasteiger partial charge in [0.1, 0.15) is 0 Å². The Bertz CT molecular complexity index is 344. The topological polar surface area (TPSA) is 33.2 Å². The molecule has 0 aliphatic rings. The van der Waals surface area contributed by atoms with Crippen molar-refractivity contribution in [1.82, 2.24) is 9.88 Å². The Balaban J connectivity index is 2.82. The lowest BCUT2D eigenvalue weighted by Gasteiger charge is -2.19. The number of hydrogen-bond donors (Lipinski definition) is 0. The van der Waals surface area contributed by atoms with Crippen molar-refractivity contribution >= 4 is 37.8 Å². The molecule has 0 aromatic carbocycles. The number of carbonyl (C=O) groups excluding carboxylic acids is 1. The molecule has 0 atom stereocenters. The van der Waals surface area contributed by atoms with Gasteiger partial charge < -0.3 is 4.90 Å². The van der Waals surface area contributed by atoms with Gasteiger partial charge in [0.05, 0.1) is 5.56 Å². The summed E-state index contributed by atoms with van der Waals surface area (Å²) in [7, 11) is 0. The zero-order valence-corrected chi connectivity index (χ0v) is 11.6. The number of hydrogen-bond acceptors (Lipinski definition) is 2. The molecule has 1 aromatic heterocycles. The lowest BCUT2D eigenvalue weighted by atomic mass is 10.2. The van der Waals surface area contributed by atoms with Crippen molar-refractivity contribution in [3.05, 3.63) is 28.5 Å². The van der Waals surface area contributed by atoms with Crippen LogP contribution in [0.3, 0.4) is 0 Å². The van der Waals surface area contributed by atoms with Gasteiger partial charge in [-0.15, -0.1) is 0 Å². The summed E-state index contributed by atoms with van der Waals surface area (Å²) < 4.78 is 0.822. The highest BCUT2D eigenvalue weighted by Gasteiger charge is 2.13. The molecule has 0 N–H and O–H groups in total. The highest BCUT2D eigenvalue weighted by molar-refractivity contribution is 9.10. The molecule has 5 heteroatoms. The number of halogens is 2. The highest BCUT2D eigenvalue weighted by Crippen LogP contribution is 2.11. The van der Waals surface area contributed by atoms with Crippen LogP contribution in [0.1, 0.15) is 17.3 Å². The first-order valence-electron chi connectivity index (χ1n) is 4.64. The van der Waals surface area contributed by atoms with Gasteiger partial charge in [-0.05, 0) is 28.9 Å². The van der Waals surface area contributed by atoms with Crippen molar-refractivity contribution in [2.45, 2.75) is 6.92 Å². The van der Waals surface area contributed by atoms with E-state index >= 15 is 0 Å². The third-order valence-electron chi connectivity index (χ3n) is 1.98. The first-order valence-corrected chi connectivity index (χ1v) is 6.56. The maximum atomic E-state index is 12.0. The quantitative estimate of drug-likeness (QED) is 0.793. The molecule has 0 radical (unpaired) electrons. The van der Waals surface area contributed by atoms with Crippen LogP contribution < -0.4 is 0 Å². The molecule has 0 spiro atoms. The summed E-state index contributed by atoms with van der Waals surface area (Å²) in [5.41, 5.74) is 0.618. The van der Waals surface area contributed by atoms with E-state index < -0.39 is 0 Å². The average Bonchev–Trinajstić information content (AvgIpc) is 2.25. The van der Waals surface area contributed by atoms with Gasteiger partial charge in [-0.3, -0.25) is 9.78 Å². The summed E-state index contributed by atoms with van der Waals surface area (Å²) in [5, 5.41) is 0.786. The first-order chi connectivity index (χ1) is 7.19. The second-order valence-electron chi connectivity index (χ2n) is 2.97. The molecule has 1 rings (SSSR count). The normalized spacial score (nSPS) is 10.1. The molecule has 0 saturated carbocycles. The number of alkyl halides is 1. The van der Waals surface area contributed by atoms with E-state index in [4.69, 9.17) is 0 Å². The van der Waals surface area contributed by atoms with Crippen LogP contribution >= 0.6 is 31.9 Å². The summed E-state index contributed by atoms with van der Waals surface area (Å²) in [5.74, 6) is 0.0192. The van der Waals surface area contributed by atoms with E-state index in [2.05, 4.69) is 36.8 Å². The van der Waals surface area contributed by atoms with Crippen molar-refractivity contribution < 1.29 is 4.79 Å². The van der Waals surface area contributed by atoms with Crippen LogP contribution in [0.15, 0.2) is 22.9 Å². The third kappa shape index (κ3) is 3.57. The van der Waals surface area contributed by atoms with Crippen LogP contribution in [0, 0.1) is 0 Å². The molecule has 0 saturated heterocycles. The van der Waals surface area contributed by atoms with Gasteiger partial charge in [0.2, 0.25) is 0 Å². The van der Waals surface area contributed by atoms with Crippen molar-refractivity contribution in [2.24, 2.45) is 0 Å². The zero-order chi connectivity index (χ0) is 11.3. The molecule has 1 heterocycles. The lowest BCUT2D eigenvalue weighted by molar-refractivity contribution is 0.0774. The van der Waals surface area contributed by atoms with Crippen LogP contribution in [0.25, 0.3) is 0 Å². The molecule has 1 aromatic rings. The van der Waals surface area contributed by atoms with E-state index in [-0.39, 0.29) is 5.91 Å². The zero-order valence-electron chi connectivity index (χ0n) is 8.41. The van der Waals surface area contributed by atoms with Crippen LogP contribution in [0.2, 0.25) is 0 Å². The molecule has 3 nitrogen and oxygen atoms in total. The predicted molar refractivity (Wildman–Crippen MR) is 67.3 cm³/mol. The van der Waals surface area contributed by atoms with Gasteiger partial charge in [0.15, 0.2) is 0 Å². The summed E-state index contributed by atoms with van der Waals surface area (Å²) in [6.07, 6.45) is 3.25. The van der Waals surface area contributed by atoms with Crippen molar-refractivity contribution in [2.75, 3.05) is 18.4 Å². The predicted octanol–water partition coefficient (Wildman–Crippen LogP) is 2.70. The Labute approximate surface area is 106 Å². The maximum absolute atomic E-state index is 12.0. The SMILES string of the molecule is CCN(CCBr)C(=O)c1cncc(Br)c1. The Kier molecular flexibility index (Phi) is 5.25. The van der Waals surface area contributed by atoms with E-state index in [0.29, 0.717) is 18.7 Å². The number of aromatic nitrogens is 1. The fourth-order valence-electron chi connectivity index (χ4n) is 1.22. The Morgan fingerprint density at radius 3 is 2.80 bits per heavy atom. The molecule has 0 aliphatic carbocycles. The Morgan fingerprint density at radius 2 is 2.27 bits per heavy atom. The summed E-state index contributed by atoms with van der Waals surface area (Å²) in [6, 6.07) is 1.78. The molecule has 82 valence electrons. The average molecular weight is 336 g/mol. The minimum Gasteiger partial charge on any atom is -0.338 e. The van der Waals surface area contributed by atoms with E-state index in [1.807, 2.05) is 6.92 Å². The van der Waals surface area contributed by atoms with Crippen LogP contribution in [0.4, 0.5) is 0 Å². The largest absolute Gasteiger partial charge is 0.338 e. The van der Waals surface area contributed by atoms with Gasteiger partial charge in [-0.2, -0.15) is 0 Å². The molecular formula is C10H12Br2N2O.